The number of hydrogen-bond donors (Lipinski definition) is 2. The molecule has 0 spiro atoms. The number of nitrogens with one attached hydrogen (secondary N) is 2. The van der Waals surface area contributed by atoms with Crippen molar-refractivity contribution in [1.82, 2.24) is 20.8 Å². The maximum Gasteiger partial charge on any atom is 0.228 e. The highest BCUT2D eigenvalue weighted by molar-refractivity contribution is 14.0. The molecule has 0 unspecified atom stereocenters. The molecular formula is C16H28IN5O. The Hall–Kier alpha value is -1.12. The average molecular weight is 433 g/mol. The van der Waals surface area contributed by atoms with Crippen LogP contribution in [0.3, 0.4) is 0 Å². The molecule has 1 aromatic heterocycles. The number of nitrogens with zero attached hydrogens (tertiary/aromatic N) is 3. The van der Waals surface area contributed by atoms with Crippen molar-refractivity contribution in [3.05, 3.63) is 23.4 Å². The van der Waals surface area contributed by atoms with E-state index in [-0.39, 0.29) is 24.0 Å². The number of hydrogen-bond acceptors (Lipinski definition) is 4. The molecule has 0 aliphatic heterocycles. The van der Waals surface area contributed by atoms with Gasteiger partial charge in [0.25, 0.3) is 0 Å². The second-order valence-corrected chi connectivity index (χ2v) is 5.53. The van der Waals surface area contributed by atoms with Crippen LogP contribution in [-0.2, 0) is 6.42 Å². The van der Waals surface area contributed by atoms with E-state index in [4.69, 9.17) is 4.52 Å². The van der Waals surface area contributed by atoms with E-state index in [0.717, 1.165) is 25.5 Å². The minimum atomic E-state index is 0. The summed E-state index contributed by atoms with van der Waals surface area (Å²) < 4.78 is 5.09. The van der Waals surface area contributed by atoms with Crippen molar-refractivity contribution in [3.63, 3.8) is 0 Å². The maximum atomic E-state index is 5.09. The van der Waals surface area contributed by atoms with Crippen LogP contribution in [0.15, 0.2) is 21.2 Å². The van der Waals surface area contributed by atoms with Gasteiger partial charge in [0.05, 0.1) is 6.54 Å². The van der Waals surface area contributed by atoms with Crippen molar-refractivity contribution in [2.45, 2.75) is 52.4 Å². The summed E-state index contributed by atoms with van der Waals surface area (Å²) in [5.41, 5.74) is 1.58. The van der Waals surface area contributed by atoms with Crippen LogP contribution in [0.4, 0.5) is 0 Å². The zero-order valence-corrected chi connectivity index (χ0v) is 16.4. The third kappa shape index (κ3) is 7.81. The Labute approximate surface area is 155 Å². The van der Waals surface area contributed by atoms with Crippen molar-refractivity contribution in [2.24, 2.45) is 4.99 Å². The molecule has 0 bridgehead atoms. The molecule has 1 heterocycles. The number of aromatic nitrogens is 2. The van der Waals surface area contributed by atoms with Gasteiger partial charge in [0.1, 0.15) is 0 Å². The van der Waals surface area contributed by atoms with Gasteiger partial charge in [-0.1, -0.05) is 16.8 Å². The summed E-state index contributed by atoms with van der Waals surface area (Å²) in [5.74, 6) is 2.17. The van der Waals surface area contributed by atoms with Gasteiger partial charge in [-0.3, -0.25) is 4.99 Å². The third-order valence-corrected chi connectivity index (χ3v) is 3.63. The Morgan fingerprint density at radius 3 is 2.83 bits per heavy atom. The summed E-state index contributed by atoms with van der Waals surface area (Å²) in [5, 5.41) is 10.4. The molecule has 130 valence electrons. The van der Waals surface area contributed by atoms with Gasteiger partial charge in [-0.25, -0.2) is 0 Å². The fraction of sp³-hybridized carbons (Fsp3) is 0.688. The number of rotatable bonds is 7. The summed E-state index contributed by atoms with van der Waals surface area (Å²) in [4.78, 5) is 8.73. The van der Waals surface area contributed by atoms with Crippen molar-refractivity contribution >= 4 is 29.9 Å². The molecule has 7 heteroatoms. The van der Waals surface area contributed by atoms with E-state index in [9.17, 15) is 0 Å². The summed E-state index contributed by atoms with van der Waals surface area (Å²) in [6.07, 6.45) is 9.35. The lowest BCUT2D eigenvalue weighted by Gasteiger charge is -2.15. The normalized spacial score (nSPS) is 14.9. The Morgan fingerprint density at radius 1 is 1.30 bits per heavy atom. The van der Waals surface area contributed by atoms with E-state index < -0.39 is 0 Å². The average Bonchev–Trinajstić information content (AvgIpc) is 2.94. The highest BCUT2D eigenvalue weighted by Crippen LogP contribution is 2.19. The highest BCUT2D eigenvalue weighted by Gasteiger charge is 2.05. The predicted octanol–water partition coefficient (Wildman–Crippen LogP) is 2.98. The molecule has 6 nitrogen and oxygen atoms in total. The molecular weight excluding hydrogens is 405 g/mol. The summed E-state index contributed by atoms with van der Waals surface area (Å²) in [6, 6.07) is 0. The lowest BCUT2D eigenvalue weighted by Crippen LogP contribution is -2.38. The third-order valence-electron chi connectivity index (χ3n) is 3.63. The zero-order chi connectivity index (χ0) is 15.6. The summed E-state index contributed by atoms with van der Waals surface area (Å²) in [7, 11) is 0. The number of halogens is 1. The first kappa shape index (κ1) is 19.9. The number of aliphatic imine (C=N–C) groups is 1. The van der Waals surface area contributed by atoms with Gasteiger partial charge in [-0.05, 0) is 46.0 Å². The second-order valence-electron chi connectivity index (χ2n) is 5.53. The van der Waals surface area contributed by atoms with Gasteiger partial charge in [0, 0.05) is 19.5 Å². The van der Waals surface area contributed by atoms with Gasteiger partial charge < -0.3 is 15.2 Å². The first-order valence-corrected chi connectivity index (χ1v) is 8.27. The largest absolute Gasteiger partial charge is 0.357 e. The molecule has 23 heavy (non-hydrogen) atoms. The molecule has 0 fully saturated rings. The van der Waals surface area contributed by atoms with Gasteiger partial charge in [0.15, 0.2) is 11.8 Å². The van der Waals surface area contributed by atoms with Crippen LogP contribution in [0.25, 0.3) is 0 Å². The Kier molecular flexibility index (Phi) is 9.89. The van der Waals surface area contributed by atoms with Crippen LogP contribution >= 0.6 is 24.0 Å². The zero-order valence-electron chi connectivity index (χ0n) is 14.1. The SMILES string of the molecule is CCNC(=NCCc1nc(C)no1)NCCC1=CCCCC1.I. The molecule has 1 aliphatic rings. The van der Waals surface area contributed by atoms with Crippen LogP contribution in [0.2, 0.25) is 0 Å². The van der Waals surface area contributed by atoms with Gasteiger partial charge in [-0.2, -0.15) is 4.98 Å². The molecule has 2 rings (SSSR count). The van der Waals surface area contributed by atoms with Crippen LogP contribution in [0.5, 0.6) is 0 Å². The minimum absolute atomic E-state index is 0. The fourth-order valence-corrected chi connectivity index (χ4v) is 2.52. The molecule has 0 saturated heterocycles. The van der Waals surface area contributed by atoms with Gasteiger partial charge in [0.2, 0.25) is 5.89 Å². The number of aryl methyl sites for hydroxylation is 1. The lowest BCUT2D eigenvalue weighted by molar-refractivity contribution is 0.376. The Morgan fingerprint density at radius 2 is 2.17 bits per heavy atom. The van der Waals surface area contributed by atoms with Crippen molar-refractivity contribution in [1.29, 1.82) is 0 Å². The molecule has 1 aliphatic carbocycles. The van der Waals surface area contributed by atoms with Gasteiger partial charge in [-0.15, -0.1) is 24.0 Å². The molecule has 0 amide bonds. The molecule has 1 aromatic rings. The Bertz CT molecular complexity index is 512. The van der Waals surface area contributed by atoms with E-state index in [1.54, 1.807) is 5.57 Å². The molecule has 0 radical (unpaired) electrons. The van der Waals surface area contributed by atoms with Crippen molar-refractivity contribution < 1.29 is 4.52 Å². The first-order chi connectivity index (χ1) is 10.8. The Balaban J connectivity index is 0.00000264. The van der Waals surface area contributed by atoms with Crippen LogP contribution < -0.4 is 10.6 Å². The van der Waals surface area contributed by atoms with Gasteiger partial charge >= 0.3 is 0 Å². The lowest BCUT2D eigenvalue weighted by atomic mass is 9.97. The summed E-state index contributed by atoms with van der Waals surface area (Å²) >= 11 is 0. The maximum absolute atomic E-state index is 5.09. The fourth-order valence-electron chi connectivity index (χ4n) is 2.52. The second kappa shape index (κ2) is 11.4. The van der Waals surface area contributed by atoms with Crippen molar-refractivity contribution in [2.75, 3.05) is 19.6 Å². The number of allylic oxidation sites excluding steroid dienone is 1. The standard InChI is InChI=1S/C16H27N5O.HI/c1-3-17-16(18-11-9-14-7-5-4-6-8-14)19-12-10-15-20-13(2)21-22-15;/h7H,3-6,8-12H2,1-2H3,(H2,17,18,19);1H. The van der Waals surface area contributed by atoms with E-state index >= 15 is 0 Å². The highest BCUT2D eigenvalue weighted by atomic mass is 127. The van der Waals surface area contributed by atoms with Crippen molar-refractivity contribution in [3.8, 4) is 0 Å². The van der Waals surface area contributed by atoms with E-state index in [2.05, 4.69) is 38.8 Å². The first-order valence-electron chi connectivity index (χ1n) is 8.27. The molecule has 0 atom stereocenters. The minimum Gasteiger partial charge on any atom is -0.357 e. The number of guanidine groups is 1. The molecule has 2 N–H and O–H groups in total. The quantitative estimate of drug-likeness (QED) is 0.299. The van der Waals surface area contributed by atoms with Crippen LogP contribution in [0, 0.1) is 6.92 Å². The van der Waals surface area contributed by atoms with Crippen LogP contribution in [0.1, 0.15) is 50.7 Å². The van der Waals surface area contributed by atoms with E-state index in [1.165, 1.54) is 25.7 Å². The predicted molar refractivity (Wildman–Crippen MR) is 103 cm³/mol. The smallest absolute Gasteiger partial charge is 0.228 e. The van der Waals surface area contributed by atoms with E-state index in [0.29, 0.717) is 24.7 Å². The monoisotopic (exact) mass is 433 g/mol. The summed E-state index contributed by atoms with van der Waals surface area (Å²) in [6.45, 7) is 6.31. The molecule has 0 aromatic carbocycles. The molecule has 0 saturated carbocycles. The topological polar surface area (TPSA) is 75.3 Å². The van der Waals surface area contributed by atoms with Crippen LogP contribution in [-0.4, -0.2) is 35.7 Å². The van der Waals surface area contributed by atoms with E-state index in [1.807, 2.05) is 6.92 Å².